The van der Waals surface area contributed by atoms with Gasteiger partial charge in [0.15, 0.2) is 0 Å². The molecular formula is C15H18N4O2. The van der Waals surface area contributed by atoms with Gasteiger partial charge in [0, 0.05) is 24.0 Å². The van der Waals surface area contributed by atoms with Crippen LogP contribution in [0.5, 0.6) is 0 Å². The molecule has 2 amide bonds. The summed E-state index contributed by atoms with van der Waals surface area (Å²) in [6, 6.07) is 9.06. The van der Waals surface area contributed by atoms with E-state index < -0.39 is 0 Å². The molecule has 4 N–H and O–H groups in total. The number of hydrogen-bond acceptors (Lipinski definition) is 4. The SMILES string of the molecule is CC(N)CC(=O)NCC(=O)Nc1cccc2cccnc12. The minimum absolute atomic E-state index is 0.0885. The Labute approximate surface area is 122 Å². The maximum atomic E-state index is 11.9. The van der Waals surface area contributed by atoms with E-state index in [-0.39, 0.29) is 30.8 Å². The number of carbonyl (C=O) groups excluding carboxylic acids is 2. The summed E-state index contributed by atoms with van der Waals surface area (Å²) in [7, 11) is 0. The minimum atomic E-state index is -0.300. The first-order valence-corrected chi connectivity index (χ1v) is 6.72. The van der Waals surface area contributed by atoms with Crippen molar-refractivity contribution in [1.82, 2.24) is 10.3 Å². The van der Waals surface area contributed by atoms with Gasteiger partial charge in [-0.05, 0) is 19.1 Å². The summed E-state index contributed by atoms with van der Waals surface area (Å²) in [5, 5.41) is 6.22. The molecule has 0 aliphatic heterocycles. The Kier molecular flexibility index (Phi) is 4.84. The van der Waals surface area contributed by atoms with Crippen molar-refractivity contribution >= 4 is 28.4 Å². The number of amides is 2. The molecule has 2 rings (SSSR count). The molecule has 21 heavy (non-hydrogen) atoms. The second-order valence-corrected chi connectivity index (χ2v) is 4.89. The van der Waals surface area contributed by atoms with E-state index >= 15 is 0 Å². The van der Waals surface area contributed by atoms with E-state index in [1.807, 2.05) is 24.3 Å². The van der Waals surface area contributed by atoms with Gasteiger partial charge < -0.3 is 16.4 Å². The van der Waals surface area contributed by atoms with Crippen molar-refractivity contribution in [2.24, 2.45) is 5.73 Å². The second kappa shape index (κ2) is 6.81. The number of nitrogens with zero attached hydrogens (tertiary/aromatic N) is 1. The lowest BCUT2D eigenvalue weighted by atomic mass is 10.2. The van der Waals surface area contributed by atoms with Crippen LogP contribution in [-0.4, -0.2) is 29.4 Å². The van der Waals surface area contributed by atoms with Crippen molar-refractivity contribution < 1.29 is 9.59 Å². The first kappa shape index (κ1) is 14.9. The average molecular weight is 286 g/mol. The number of hydrogen-bond donors (Lipinski definition) is 3. The number of carbonyl (C=O) groups is 2. The zero-order valence-corrected chi connectivity index (χ0v) is 11.8. The lowest BCUT2D eigenvalue weighted by Crippen LogP contribution is -2.35. The predicted molar refractivity (Wildman–Crippen MR) is 81.6 cm³/mol. The van der Waals surface area contributed by atoms with Gasteiger partial charge in [0.1, 0.15) is 0 Å². The fraction of sp³-hybridized carbons (Fsp3) is 0.267. The lowest BCUT2D eigenvalue weighted by Gasteiger charge is -2.09. The van der Waals surface area contributed by atoms with E-state index in [1.54, 1.807) is 19.2 Å². The third-order valence-corrected chi connectivity index (χ3v) is 2.86. The Morgan fingerprint density at radius 3 is 2.76 bits per heavy atom. The van der Waals surface area contributed by atoms with Crippen molar-refractivity contribution in [3.63, 3.8) is 0 Å². The molecule has 0 spiro atoms. The first-order chi connectivity index (χ1) is 10.1. The smallest absolute Gasteiger partial charge is 0.243 e. The van der Waals surface area contributed by atoms with E-state index in [2.05, 4.69) is 15.6 Å². The van der Waals surface area contributed by atoms with E-state index in [4.69, 9.17) is 5.73 Å². The molecule has 0 saturated carbocycles. The van der Waals surface area contributed by atoms with Gasteiger partial charge in [0.25, 0.3) is 0 Å². The van der Waals surface area contributed by atoms with Crippen LogP contribution in [0.3, 0.4) is 0 Å². The Morgan fingerprint density at radius 2 is 2.00 bits per heavy atom. The van der Waals surface area contributed by atoms with Crippen LogP contribution in [0.1, 0.15) is 13.3 Å². The molecular weight excluding hydrogens is 268 g/mol. The van der Waals surface area contributed by atoms with Crippen molar-refractivity contribution in [3.8, 4) is 0 Å². The zero-order valence-electron chi connectivity index (χ0n) is 11.8. The summed E-state index contributed by atoms with van der Waals surface area (Å²) < 4.78 is 0. The van der Waals surface area contributed by atoms with Crippen LogP contribution in [0.4, 0.5) is 5.69 Å². The van der Waals surface area contributed by atoms with Crippen LogP contribution < -0.4 is 16.4 Å². The highest BCUT2D eigenvalue weighted by Crippen LogP contribution is 2.20. The number of nitrogens with one attached hydrogen (secondary N) is 2. The molecule has 0 saturated heterocycles. The molecule has 0 radical (unpaired) electrons. The van der Waals surface area contributed by atoms with Crippen molar-refractivity contribution in [3.05, 3.63) is 36.5 Å². The quantitative estimate of drug-likeness (QED) is 0.764. The summed E-state index contributed by atoms with van der Waals surface area (Å²) in [5.74, 6) is -0.539. The first-order valence-electron chi connectivity index (χ1n) is 6.72. The number of anilines is 1. The standard InChI is InChI=1S/C15H18N4O2/c1-10(16)8-13(20)18-9-14(21)19-12-6-2-4-11-5-3-7-17-15(11)12/h2-7,10H,8-9,16H2,1H3,(H,18,20)(H,19,21). The molecule has 0 fully saturated rings. The van der Waals surface area contributed by atoms with E-state index in [0.717, 1.165) is 10.9 Å². The van der Waals surface area contributed by atoms with Crippen LogP contribution in [0.25, 0.3) is 10.9 Å². The highest BCUT2D eigenvalue weighted by molar-refractivity contribution is 6.01. The van der Waals surface area contributed by atoms with Gasteiger partial charge in [0.05, 0.1) is 17.7 Å². The molecule has 1 unspecified atom stereocenters. The topological polar surface area (TPSA) is 97.1 Å². The molecule has 6 heteroatoms. The number of para-hydroxylation sites is 1. The summed E-state index contributed by atoms with van der Waals surface area (Å²) in [4.78, 5) is 27.6. The molecule has 110 valence electrons. The number of fused-ring (bicyclic) bond motifs is 1. The number of benzene rings is 1. The predicted octanol–water partition coefficient (Wildman–Crippen LogP) is 1.03. The number of rotatable bonds is 5. The normalized spacial score (nSPS) is 11.9. The molecule has 6 nitrogen and oxygen atoms in total. The lowest BCUT2D eigenvalue weighted by molar-refractivity contribution is -0.124. The number of nitrogens with two attached hydrogens (primary N) is 1. The molecule has 2 aromatic rings. The Balaban J connectivity index is 1.97. The highest BCUT2D eigenvalue weighted by atomic mass is 16.2. The van der Waals surface area contributed by atoms with Crippen molar-refractivity contribution in [1.29, 1.82) is 0 Å². The van der Waals surface area contributed by atoms with Crippen LogP contribution in [0.2, 0.25) is 0 Å². The highest BCUT2D eigenvalue weighted by Gasteiger charge is 2.09. The van der Waals surface area contributed by atoms with Crippen LogP contribution in [0, 0.1) is 0 Å². The number of aromatic nitrogens is 1. The van der Waals surface area contributed by atoms with Crippen LogP contribution in [0.15, 0.2) is 36.5 Å². The van der Waals surface area contributed by atoms with Gasteiger partial charge in [-0.1, -0.05) is 18.2 Å². The maximum Gasteiger partial charge on any atom is 0.243 e. The maximum absolute atomic E-state index is 11.9. The van der Waals surface area contributed by atoms with E-state index in [0.29, 0.717) is 5.69 Å². The van der Waals surface area contributed by atoms with Gasteiger partial charge in [-0.3, -0.25) is 14.6 Å². The largest absolute Gasteiger partial charge is 0.347 e. The molecule has 1 heterocycles. The van der Waals surface area contributed by atoms with Crippen LogP contribution in [-0.2, 0) is 9.59 Å². The van der Waals surface area contributed by atoms with Gasteiger partial charge in [-0.15, -0.1) is 0 Å². The molecule has 1 aromatic heterocycles. The average Bonchev–Trinajstić information content (AvgIpc) is 2.45. The molecule has 1 aromatic carbocycles. The van der Waals surface area contributed by atoms with Gasteiger partial charge in [-0.2, -0.15) is 0 Å². The van der Waals surface area contributed by atoms with E-state index in [1.165, 1.54) is 0 Å². The Morgan fingerprint density at radius 1 is 1.24 bits per heavy atom. The summed E-state index contributed by atoms with van der Waals surface area (Å²) >= 11 is 0. The summed E-state index contributed by atoms with van der Waals surface area (Å²) in [6.07, 6.45) is 1.87. The third kappa shape index (κ3) is 4.25. The summed E-state index contributed by atoms with van der Waals surface area (Å²) in [5.41, 5.74) is 6.86. The monoisotopic (exact) mass is 286 g/mol. The number of pyridine rings is 1. The fourth-order valence-corrected chi connectivity index (χ4v) is 1.94. The molecule has 0 aliphatic carbocycles. The molecule has 0 bridgehead atoms. The minimum Gasteiger partial charge on any atom is -0.347 e. The van der Waals surface area contributed by atoms with Gasteiger partial charge in [-0.25, -0.2) is 0 Å². The van der Waals surface area contributed by atoms with Gasteiger partial charge >= 0.3 is 0 Å². The molecule has 1 atom stereocenters. The van der Waals surface area contributed by atoms with E-state index in [9.17, 15) is 9.59 Å². The Hall–Kier alpha value is -2.47. The fourth-order valence-electron chi connectivity index (χ4n) is 1.94. The van der Waals surface area contributed by atoms with Crippen molar-refractivity contribution in [2.75, 3.05) is 11.9 Å². The molecule has 0 aliphatic rings. The van der Waals surface area contributed by atoms with Crippen molar-refractivity contribution in [2.45, 2.75) is 19.4 Å². The van der Waals surface area contributed by atoms with Gasteiger partial charge in [0.2, 0.25) is 11.8 Å². The summed E-state index contributed by atoms with van der Waals surface area (Å²) in [6.45, 7) is 1.65. The zero-order chi connectivity index (χ0) is 15.2. The van der Waals surface area contributed by atoms with Crippen LogP contribution >= 0.6 is 0 Å². The second-order valence-electron chi connectivity index (χ2n) is 4.89. The Bertz CT molecular complexity index is 650. The third-order valence-electron chi connectivity index (χ3n) is 2.86.